The number of nitro groups is 1. The molecule has 2 amide bonds. The number of hydrogen-bond donors (Lipinski definition) is 0. The van der Waals surface area contributed by atoms with Crippen molar-refractivity contribution in [2.75, 3.05) is 12.0 Å². The summed E-state index contributed by atoms with van der Waals surface area (Å²) < 4.78 is 17.9. The number of anilines is 1. The molecule has 0 aliphatic carbocycles. The summed E-state index contributed by atoms with van der Waals surface area (Å²) in [6, 6.07) is 11.2. The smallest absolute Gasteiger partial charge is 0.425 e. The van der Waals surface area contributed by atoms with Crippen LogP contribution in [0.4, 0.5) is 21.1 Å². The Morgan fingerprint density at radius 3 is 2.11 bits per heavy atom. The first-order valence-electron chi connectivity index (χ1n) is 11.2. The van der Waals surface area contributed by atoms with Crippen LogP contribution >= 0.6 is 0 Å². The van der Waals surface area contributed by atoms with Crippen molar-refractivity contribution in [1.82, 2.24) is 9.78 Å². The van der Waals surface area contributed by atoms with E-state index >= 15 is 0 Å². The molecule has 0 saturated heterocycles. The summed E-state index contributed by atoms with van der Waals surface area (Å²) in [5.41, 5.74) is -1.10. The van der Waals surface area contributed by atoms with E-state index in [-0.39, 0.29) is 23.6 Å². The van der Waals surface area contributed by atoms with Gasteiger partial charge in [-0.2, -0.15) is 10.00 Å². The number of non-ortho nitro benzene ring substituents is 1. The summed E-state index contributed by atoms with van der Waals surface area (Å²) in [5.74, 6) is 0.615. The van der Waals surface area contributed by atoms with Crippen LogP contribution in [0.15, 0.2) is 42.5 Å². The molecule has 0 aliphatic rings. The molecule has 36 heavy (non-hydrogen) atoms. The number of para-hydroxylation sites is 1. The number of carbonyl (C=O) groups is 2. The van der Waals surface area contributed by atoms with Gasteiger partial charge in [0.25, 0.3) is 5.69 Å². The highest BCUT2D eigenvalue weighted by molar-refractivity contribution is 6.14. The van der Waals surface area contributed by atoms with Crippen LogP contribution in [0, 0.1) is 10.1 Å². The maximum Gasteiger partial charge on any atom is 0.425 e. The SMILES string of the molecule is COc1ccccc1Cn1nc2cc([N+](=O)[O-])ccc2c1N(C(=O)OC(C)(C)C)C(=O)OC(C)(C)C. The summed E-state index contributed by atoms with van der Waals surface area (Å²) in [6.45, 7) is 10.1. The predicted molar refractivity (Wildman–Crippen MR) is 133 cm³/mol. The molecule has 3 aromatic rings. The molecule has 1 aromatic heterocycles. The third-order valence-electron chi connectivity index (χ3n) is 4.78. The number of benzene rings is 2. The van der Waals surface area contributed by atoms with Gasteiger partial charge in [-0.1, -0.05) is 18.2 Å². The largest absolute Gasteiger partial charge is 0.496 e. The molecule has 0 spiro atoms. The topological polar surface area (TPSA) is 126 Å². The van der Waals surface area contributed by atoms with Gasteiger partial charge < -0.3 is 14.2 Å². The monoisotopic (exact) mass is 498 g/mol. The van der Waals surface area contributed by atoms with Gasteiger partial charge in [0.2, 0.25) is 0 Å². The van der Waals surface area contributed by atoms with Crippen LogP contribution in [0.2, 0.25) is 0 Å². The van der Waals surface area contributed by atoms with Crippen molar-refractivity contribution in [3.63, 3.8) is 0 Å². The number of imide groups is 1. The molecule has 11 nitrogen and oxygen atoms in total. The van der Waals surface area contributed by atoms with Crippen LogP contribution in [-0.4, -0.2) is 45.2 Å². The Morgan fingerprint density at radius 2 is 1.58 bits per heavy atom. The number of hydrogen-bond acceptors (Lipinski definition) is 8. The molecule has 3 rings (SSSR count). The van der Waals surface area contributed by atoms with E-state index in [1.54, 1.807) is 53.7 Å². The van der Waals surface area contributed by atoms with Gasteiger partial charge in [-0.15, -0.1) is 0 Å². The van der Waals surface area contributed by atoms with Gasteiger partial charge in [-0.05, 0) is 53.7 Å². The van der Waals surface area contributed by atoms with E-state index < -0.39 is 28.3 Å². The molecule has 0 aliphatic heterocycles. The highest BCUT2D eigenvalue weighted by atomic mass is 16.6. The molecular formula is C25H30N4O7. The maximum absolute atomic E-state index is 13.4. The van der Waals surface area contributed by atoms with E-state index in [0.717, 1.165) is 4.90 Å². The molecule has 1 heterocycles. The van der Waals surface area contributed by atoms with Gasteiger partial charge in [0, 0.05) is 23.1 Å². The van der Waals surface area contributed by atoms with Crippen molar-refractivity contribution in [3.05, 3.63) is 58.1 Å². The Kier molecular flexibility index (Phi) is 7.23. The highest BCUT2D eigenvalue weighted by Crippen LogP contribution is 2.33. The first-order valence-corrected chi connectivity index (χ1v) is 11.2. The molecule has 0 unspecified atom stereocenters. The molecule has 0 saturated carbocycles. The number of carbonyl (C=O) groups excluding carboxylic acids is 2. The quantitative estimate of drug-likeness (QED) is 0.325. The fraction of sp³-hybridized carbons (Fsp3) is 0.400. The number of rotatable bonds is 5. The van der Waals surface area contributed by atoms with E-state index in [2.05, 4.69) is 5.10 Å². The maximum atomic E-state index is 13.4. The lowest BCUT2D eigenvalue weighted by atomic mass is 10.2. The van der Waals surface area contributed by atoms with E-state index in [0.29, 0.717) is 16.7 Å². The number of ether oxygens (including phenoxy) is 3. The minimum absolute atomic E-state index is 0.0503. The van der Waals surface area contributed by atoms with E-state index in [1.165, 1.54) is 30.0 Å². The lowest BCUT2D eigenvalue weighted by Crippen LogP contribution is -2.44. The minimum atomic E-state index is -0.974. The molecule has 11 heteroatoms. The Balaban J connectivity index is 2.27. The van der Waals surface area contributed by atoms with E-state index in [4.69, 9.17) is 14.2 Å². The number of fused-ring (bicyclic) bond motifs is 1. The normalized spacial score (nSPS) is 11.8. The van der Waals surface area contributed by atoms with Gasteiger partial charge in [0.15, 0.2) is 5.82 Å². The number of nitrogens with zero attached hydrogens (tertiary/aromatic N) is 4. The van der Waals surface area contributed by atoms with Crippen molar-refractivity contribution >= 4 is 34.6 Å². The number of methoxy groups -OCH3 is 1. The number of nitro benzene ring substituents is 1. The third-order valence-corrected chi connectivity index (χ3v) is 4.78. The predicted octanol–water partition coefficient (Wildman–Crippen LogP) is 5.68. The lowest BCUT2D eigenvalue weighted by Gasteiger charge is -2.29. The Labute approximate surface area is 208 Å². The summed E-state index contributed by atoms with van der Waals surface area (Å²) in [6.07, 6.45) is -1.95. The summed E-state index contributed by atoms with van der Waals surface area (Å²) in [7, 11) is 1.52. The number of aromatic nitrogens is 2. The Morgan fingerprint density at radius 1 is 1.00 bits per heavy atom. The standard InChI is InChI=1S/C25H30N4O7/c1-24(2,3)35-22(30)28(23(31)36-25(4,5)6)21-18-13-12-17(29(32)33)14-19(18)26-27(21)15-16-10-8-9-11-20(16)34-7/h8-14H,15H2,1-7H3. The molecule has 2 aromatic carbocycles. The van der Waals surface area contributed by atoms with E-state index in [9.17, 15) is 19.7 Å². The second-order valence-corrected chi connectivity index (χ2v) is 10.0. The van der Waals surface area contributed by atoms with Crippen LogP contribution in [-0.2, 0) is 16.0 Å². The van der Waals surface area contributed by atoms with Crippen LogP contribution in [0.3, 0.4) is 0 Å². The van der Waals surface area contributed by atoms with Gasteiger partial charge in [0.1, 0.15) is 22.5 Å². The third kappa shape index (κ3) is 6.09. The summed E-state index contributed by atoms with van der Waals surface area (Å²) in [4.78, 5) is 38.3. The van der Waals surface area contributed by atoms with Crippen molar-refractivity contribution in [1.29, 1.82) is 0 Å². The molecule has 0 fully saturated rings. The fourth-order valence-corrected chi connectivity index (χ4v) is 3.43. The van der Waals surface area contributed by atoms with Crippen LogP contribution in [0.1, 0.15) is 47.1 Å². The van der Waals surface area contributed by atoms with Crippen LogP contribution < -0.4 is 9.64 Å². The second kappa shape index (κ2) is 9.84. The van der Waals surface area contributed by atoms with Crippen molar-refractivity contribution in [2.45, 2.75) is 59.3 Å². The van der Waals surface area contributed by atoms with Gasteiger partial charge >= 0.3 is 12.2 Å². The van der Waals surface area contributed by atoms with Crippen molar-refractivity contribution < 1.29 is 28.7 Å². The average Bonchev–Trinajstić information content (AvgIpc) is 3.08. The summed E-state index contributed by atoms with van der Waals surface area (Å²) >= 11 is 0. The first kappa shape index (κ1) is 26.5. The molecule has 0 N–H and O–H groups in total. The molecule has 0 bridgehead atoms. The van der Waals surface area contributed by atoms with Crippen molar-refractivity contribution in [2.24, 2.45) is 0 Å². The highest BCUT2D eigenvalue weighted by Gasteiger charge is 2.36. The Bertz CT molecular complexity index is 1270. The average molecular weight is 499 g/mol. The Hall–Kier alpha value is -4.15. The lowest BCUT2D eigenvalue weighted by molar-refractivity contribution is -0.384. The minimum Gasteiger partial charge on any atom is -0.496 e. The molecular weight excluding hydrogens is 468 g/mol. The van der Waals surface area contributed by atoms with Crippen LogP contribution in [0.25, 0.3) is 10.9 Å². The second-order valence-electron chi connectivity index (χ2n) is 10.0. The fourth-order valence-electron chi connectivity index (χ4n) is 3.43. The van der Waals surface area contributed by atoms with Crippen molar-refractivity contribution in [3.8, 4) is 5.75 Å². The van der Waals surface area contributed by atoms with Crippen LogP contribution in [0.5, 0.6) is 5.75 Å². The molecule has 192 valence electrons. The number of amides is 2. The molecule has 0 atom stereocenters. The first-order chi connectivity index (χ1) is 16.7. The molecule has 0 radical (unpaired) electrons. The summed E-state index contributed by atoms with van der Waals surface area (Å²) in [5, 5.41) is 16.2. The van der Waals surface area contributed by atoms with Gasteiger partial charge in [-0.25, -0.2) is 14.3 Å². The zero-order valence-electron chi connectivity index (χ0n) is 21.4. The van der Waals surface area contributed by atoms with Gasteiger partial charge in [0.05, 0.1) is 18.6 Å². The van der Waals surface area contributed by atoms with E-state index in [1.807, 2.05) is 12.1 Å². The zero-order valence-corrected chi connectivity index (χ0v) is 21.4. The van der Waals surface area contributed by atoms with Gasteiger partial charge in [-0.3, -0.25) is 10.1 Å². The zero-order chi connectivity index (χ0) is 26.8.